The molecule has 1 atom stereocenters. The Morgan fingerprint density at radius 2 is 2.31 bits per heavy atom. The lowest BCUT2D eigenvalue weighted by atomic mass is 9.97. The van der Waals surface area contributed by atoms with Gasteiger partial charge in [0.15, 0.2) is 0 Å². The van der Waals surface area contributed by atoms with Crippen molar-refractivity contribution in [3.8, 4) is 12.3 Å². The van der Waals surface area contributed by atoms with Crippen LogP contribution < -0.4 is 0 Å². The van der Waals surface area contributed by atoms with Crippen molar-refractivity contribution in [2.45, 2.75) is 26.4 Å². The van der Waals surface area contributed by atoms with Gasteiger partial charge in [0.1, 0.15) is 0 Å². The highest BCUT2D eigenvalue weighted by atomic mass is 16.2. The molecule has 2 rings (SSSR count). The molecule has 1 aromatic heterocycles. The minimum absolute atomic E-state index is 0.104. The third-order valence-corrected chi connectivity index (χ3v) is 3.10. The summed E-state index contributed by atoms with van der Waals surface area (Å²) in [7, 11) is 0. The van der Waals surface area contributed by atoms with E-state index in [9.17, 15) is 4.79 Å². The maximum absolute atomic E-state index is 11.7. The van der Waals surface area contributed by atoms with Crippen LogP contribution in [0.3, 0.4) is 0 Å². The lowest BCUT2D eigenvalue weighted by molar-refractivity contribution is -0.129. The van der Waals surface area contributed by atoms with Crippen LogP contribution in [0.1, 0.15) is 25.6 Å². The number of rotatable bonds is 1. The van der Waals surface area contributed by atoms with Gasteiger partial charge in [-0.2, -0.15) is 0 Å². The van der Waals surface area contributed by atoms with E-state index in [4.69, 9.17) is 6.42 Å². The van der Waals surface area contributed by atoms with Gasteiger partial charge in [0.05, 0.1) is 6.04 Å². The number of terminal acetylenes is 1. The molecular weight excluding hydrogens is 200 g/mol. The lowest BCUT2D eigenvalue weighted by Crippen LogP contribution is -2.43. The number of carbonyl (C=O) groups excluding carboxylic acids is 1. The normalized spacial score (nSPS) is 19.4. The van der Waals surface area contributed by atoms with Crippen LogP contribution in [0, 0.1) is 18.3 Å². The first-order valence-electron chi connectivity index (χ1n) is 5.57. The minimum Gasteiger partial charge on any atom is -0.348 e. The fourth-order valence-electron chi connectivity index (χ4n) is 2.43. The van der Waals surface area contributed by atoms with Crippen LogP contribution in [-0.2, 0) is 11.3 Å². The van der Waals surface area contributed by atoms with Crippen molar-refractivity contribution in [2.75, 3.05) is 6.54 Å². The molecule has 1 aliphatic rings. The standard InChI is InChI=1S/C13H16N2O/c1-4-12(16)15-9-8-14-7-5-6-11(14)13(15)10(2)3/h1,5-7,10,13H,8-9H2,2-3H3. The van der Waals surface area contributed by atoms with Gasteiger partial charge in [0.25, 0.3) is 5.91 Å². The average molecular weight is 216 g/mol. The number of aromatic nitrogens is 1. The second-order valence-electron chi connectivity index (χ2n) is 4.46. The molecule has 0 saturated carbocycles. The smallest absolute Gasteiger partial charge is 0.298 e. The summed E-state index contributed by atoms with van der Waals surface area (Å²) >= 11 is 0. The van der Waals surface area contributed by atoms with Crippen molar-refractivity contribution in [1.82, 2.24) is 9.47 Å². The quantitative estimate of drug-likeness (QED) is 0.655. The third kappa shape index (κ3) is 1.61. The Labute approximate surface area is 96.0 Å². The molecule has 0 saturated heterocycles. The van der Waals surface area contributed by atoms with Crippen LogP contribution in [-0.4, -0.2) is 21.9 Å². The van der Waals surface area contributed by atoms with E-state index in [1.807, 2.05) is 6.07 Å². The lowest BCUT2D eigenvalue weighted by Gasteiger charge is -2.38. The number of carbonyl (C=O) groups is 1. The largest absolute Gasteiger partial charge is 0.348 e. The van der Waals surface area contributed by atoms with Crippen molar-refractivity contribution in [2.24, 2.45) is 5.92 Å². The van der Waals surface area contributed by atoms with E-state index in [0.717, 1.165) is 6.54 Å². The van der Waals surface area contributed by atoms with Gasteiger partial charge < -0.3 is 9.47 Å². The van der Waals surface area contributed by atoms with Gasteiger partial charge in [-0.15, -0.1) is 6.42 Å². The third-order valence-electron chi connectivity index (χ3n) is 3.10. The van der Waals surface area contributed by atoms with Crippen LogP contribution in [0.2, 0.25) is 0 Å². The summed E-state index contributed by atoms with van der Waals surface area (Å²) in [6.45, 7) is 5.76. The van der Waals surface area contributed by atoms with E-state index in [1.165, 1.54) is 5.69 Å². The Kier molecular flexibility index (Phi) is 2.74. The number of fused-ring (bicyclic) bond motifs is 1. The highest BCUT2D eigenvalue weighted by molar-refractivity contribution is 5.93. The topological polar surface area (TPSA) is 25.2 Å². The summed E-state index contributed by atoms with van der Waals surface area (Å²) in [6, 6.07) is 4.20. The Hall–Kier alpha value is -1.69. The van der Waals surface area contributed by atoms with Crippen LogP contribution in [0.4, 0.5) is 0 Å². The SMILES string of the molecule is C#CC(=O)N1CCn2cccc2C1C(C)C. The Morgan fingerprint density at radius 1 is 1.56 bits per heavy atom. The predicted octanol–water partition coefficient (Wildman–Crippen LogP) is 1.66. The summed E-state index contributed by atoms with van der Waals surface area (Å²) in [4.78, 5) is 13.5. The molecule has 0 N–H and O–H groups in total. The molecule has 1 unspecified atom stereocenters. The molecule has 3 heteroatoms. The monoisotopic (exact) mass is 216 g/mol. The molecule has 3 nitrogen and oxygen atoms in total. The Morgan fingerprint density at radius 3 is 2.94 bits per heavy atom. The van der Waals surface area contributed by atoms with Crippen molar-refractivity contribution >= 4 is 5.91 Å². The first-order chi connectivity index (χ1) is 7.65. The second kappa shape index (κ2) is 4.05. The van der Waals surface area contributed by atoms with Gasteiger partial charge in [0.2, 0.25) is 0 Å². The highest BCUT2D eigenvalue weighted by Gasteiger charge is 2.31. The molecule has 84 valence electrons. The maximum Gasteiger partial charge on any atom is 0.298 e. The maximum atomic E-state index is 11.7. The fourth-order valence-corrected chi connectivity index (χ4v) is 2.43. The molecule has 0 radical (unpaired) electrons. The molecule has 16 heavy (non-hydrogen) atoms. The number of nitrogens with zero attached hydrogens (tertiary/aromatic N) is 2. The zero-order chi connectivity index (χ0) is 11.7. The van der Waals surface area contributed by atoms with Gasteiger partial charge in [-0.05, 0) is 24.0 Å². The van der Waals surface area contributed by atoms with E-state index in [0.29, 0.717) is 12.5 Å². The van der Waals surface area contributed by atoms with Crippen molar-refractivity contribution in [3.63, 3.8) is 0 Å². The minimum atomic E-state index is -0.203. The summed E-state index contributed by atoms with van der Waals surface area (Å²) in [5, 5.41) is 0. The summed E-state index contributed by atoms with van der Waals surface area (Å²) in [5.74, 6) is 2.38. The molecule has 1 aromatic rings. The van der Waals surface area contributed by atoms with E-state index in [-0.39, 0.29) is 11.9 Å². The van der Waals surface area contributed by atoms with Crippen molar-refractivity contribution in [3.05, 3.63) is 24.0 Å². The van der Waals surface area contributed by atoms with Gasteiger partial charge >= 0.3 is 0 Å². The number of amides is 1. The Balaban J connectivity index is 2.39. The van der Waals surface area contributed by atoms with Crippen molar-refractivity contribution < 1.29 is 4.79 Å². The number of hydrogen-bond acceptors (Lipinski definition) is 1. The molecule has 2 heterocycles. The van der Waals surface area contributed by atoms with E-state index >= 15 is 0 Å². The summed E-state index contributed by atoms with van der Waals surface area (Å²) in [5.41, 5.74) is 1.19. The van der Waals surface area contributed by atoms with Gasteiger partial charge in [-0.25, -0.2) is 0 Å². The van der Waals surface area contributed by atoms with Crippen LogP contribution in [0.15, 0.2) is 18.3 Å². The molecule has 0 fully saturated rings. The van der Waals surface area contributed by atoms with Crippen LogP contribution in [0.5, 0.6) is 0 Å². The van der Waals surface area contributed by atoms with Crippen LogP contribution in [0.25, 0.3) is 0 Å². The first kappa shape index (κ1) is 10.8. The summed E-state index contributed by atoms with van der Waals surface area (Å²) in [6.07, 6.45) is 7.27. The summed E-state index contributed by atoms with van der Waals surface area (Å²) < 4.78 is 2.20. The highest BCUT2D eigenvalue weighted by Crippen LogP contribution is 2.32. The van der Waals surface area contributed by atoms with E-state index in [2.05, 4.69) is 36.6 Å². The molecule has 0 aliphatic carbocycles. The second-order valence-corrected chi connectivity index (χ2v) is 4.46. The molecule has 0 spiro atoms. The van der Waals surface area contributed by atoms with Gasteiger partial charge in [-0.3, -0.25) is 4.79 Å². The average Bonchev–Trinajstić information content (AvgIpc) is 2.73. The fraction of sp³-hybridized carbons (Fsp3) is 0.462. The first-order valence-corrected chi connectivity index (χ1v) is 5.57. The van der Waals surface area contributed by atoms with E-state index < -0.39 is 0 Å². The molecule has 0 bridgehead atoms. The molecular formula is C13H16N2O. The predicted molar refractivity (Wildman–Crippen MR) is 62.6 cm³/mol. The van der Waals surface area contributed by atoms with E-state index in [1.54, 1.807) is 4.90 Å². The zero-order valence-electron chi connectivity index (χ0n) is 9.68. The molecule has 1 amide bonds. The van der Waals surface area contributed by atoms with Gasteiger partial charge in [0, 0.05) is 25.0 Å². The van der Waals surface area contributed by atoms with Crippen LogP contribution >= 0.6 is 0 Å². The molecule has 1 aliphatic heterocycles. The number of hydrogen-bond donors (Lipinski definition) is 0. The van der Waals surface area contributed by atoms with Gasteiger partial charge in [-0.1, -0.05) is 13.8 Å². The zero-order valence-corrected chi connectivity index (χ0v) is 9.68. The molecule has 0 aromatic carbocycles. The Bertz CT molecular complexity index is 439. The van der Waals surface area contributed by atoms with Crippen molar-refractivity contribution in [1.29, 1.82) is 0 Å².